The minimum Gasteiger partial charge on any atom is -0.350 e. The van der Waals surface area contributed by atoms with Crippen molar-refractivity contribution in [1.82, 2.24) is 14.9 Å². The molecule has 2 aliphatic rings. The van der Waals surface area contributed by atoms with Crippen molar-refractivity contribution < 1.29 is 22.4 Å². The van der Waals surface area contributed by atoms with Crippen molar-refractivity contribution in [3.05, 3.63) is 22.7 Å². The molecule has 2 aliphatic heterocycles. The standard InChI is InChI=1S/C18H21ClFN5O4S/c1-9-3-4-13-17(15(9)19)30(28,29)25(18(27)24-13)8-14(26)23-10(2)16-12(20)5-11(6-21)7-22-16/h3-4,10-12,16,22H,5,7-8H2,1-2H3,(H,23,26)(H,24,27)/t10-,11?,12?,16?/m1/s1. The lowest BCUT2D eigenvalue weighted by Crippen LogP contribution is -2.58. The number of hydrogen-bond acceptors (Lipinski definition) is 6. The monoisotopic (exact) mass is 457 g/mol. The molecule has 3 unspecified atom stereocenters. The number of fused-ring (bicyclic) bond motifs is 1. The van der Waals surface area contributed by atoms with Crippen molar-refractivity contribution in [2.75, 3.05) is 18.4 Å². The molecular weight excluding hydrogens is 437 g/mol. The molecule has 12 heteroatoms. The Morgan fingerprint density at radius 3 is 2.83 bits per heavy atom. The summed E-state index contributed by atoms with van der Waals surface area (Å²) < 4.78 is 40.6. The van der Waals surface area contributed by atoms with E-state index in [0.717, 1.165) is 0 Å². The second kappa shape index (κ2) is 8.37. The van der Waals surface area contributed by atoms with Crippen LogP contribution in [0.3, 0.4) is 0 Å². The number of halogens is 2. The van der Waals surface area contributed by atoms with E-state index in [9.17, 15) is 22.4 Å². The number of hydrogen-bond donors (Lipinski definition) is 3. The number of piperidine rings is 1. The maximum Gasteiger partial charge on any atom is 0.336 e. The third-order valence-corrected chi connectivity index (χ3v) is 7.62. The molecule has 0 bridgehead atoms. The fourth-order valence-corrected chi connectivity index (χ4v) is 5.59. The fraction of sp³-hybridized carbons (Fsp3) is 0.500. The number of nitrogens with zero attached hydrogens (tertiary/aromatic N) is 2. The largest absolute Gasteiger partial charge is 0.350 e. The minimum atomic E-state index is -4.36. The van der Waals surface area contributed by atoms with Crippen molar-refractivity contribution >= 4 is 39.2 Å². The highest BCUT2D eigenvalue weighted by atomic mass is 35.5. The van der Waals surface area contributed by atoms with Gasteiger partial charge in [-0.3, -0.25) is 4.79 Å². The zero-order valence-electron chi connectivity index (χ0n) is 16.3. The summed E-state index contributed by atoms with van der Waals surface area (Å²) in [5.41, 5.74) is 0.542. The molecule has 1 aromatic carbocycles. The van der Waals surface area contributed by atoms with Gasteiger partial charge in [0.15, 0.2) is 0 Å². The molecule has 3 N–H and O–H groups in total. The maximum absolute atomic E-state index is 14.3. The summed E-state index contributed by atoms with van der Waals surface area (Å²) in [6, 6.07) is 2.59. The Kier molecular flexibility index (Phi) is 6.21. The summed E-state index contributed by atoms with van der Waals surface area (Å²) in [5, 5.41) is 16.7. The summed E-state index contributed by atoms with van der Waals surface area (Å²) in [6.45, 7) is 2.69. The van der Waals surface area contributed by atoms with Gasteiger partial charge in [0.2, 0.25) is 5.91 Å². The van der Waals surface area contributed by atoms with E-state index in [1.807, 2.05) is 6.07 Å². The van der Waals surface area contributed by atoms with Gasteiger partial charge in [0.05, 0.1) is 28.7 Å². The Morgan fingerprint density at radius 2 is 2.20 bits per heavy atom. The van der Waals surface area contributed by atoms with Crippen LogP contribution in [-0.2, 0) is 14.8 Å². The smallest absolute Gasteiger partial charge is 0.336 e. The number of urea groups is 1. The predicted molar refractivity (Wildman–Crippen MR) is 107 cm³/mol. The van der Waals surface area contributed by atoms with Crippen LogP contribution in [0.25, 0.3) is 0 Å². The lowest BCUT2D eigenvalue weighted by molar-refractivity contribution is -0.121. The number of carbonyl (C=O) groups is 2. The Hall–Kier alpha value is -2.42. The van der Waals surface area contributed by atoms with E-state index < -0.39 is 52.7 Å². The zero-order chi connectivity index (χ0) is 22.2. The molecule has 0 aliphatic carbocycles. The van der Waals surface area contributed by atoms with Gasteiger partial charge in [-0.15, -0.1) is 0 Å². The lowest BCUT2D eigenvalue weighted by Gasteiger charge is -2.35. The topological polar surface area (TPSA) is 131 Å². The number of nitriles is 1. The Morgan fingerprint density at radius 1 is 1.50 bits per heavy atom. The van der Waals surface area contributed by atoms with Crippen molar-refractivity contribution in [3.8, 4) is 6.07 Å². The summed E-state index contributed by atoms with van der Waals surface area (Å²) in [5.74, 6) is -1.22. The first-order valence-corrected chi connectivity index (χ1v) is 11.1. The van der Waals surface area contributed by atoms with Crippen LogP contribution in [0.2, 0.25) is 5.02 Å². The first kappa shape index (κ1) is 22.3. The number of benzene rings is 1. The molecular formula is C18H21ClFN5O4S. The van der Waals surface area contributed by atoms with Crippen LogP contribution < -0.4 is 16.0 Å². The average molecular weight is 458 g/mol. The molecule has 2 heterocycles. The number of rotatable bonds is 4. The summed E-state index contributed by atoms with van der Waals surface area (Å²) in [7, 11) is -4.36. The predicted octanol–water partition coefficient (Wildman–Crippen LogP) is 1.53. The molecule has 30 heavy (non-hydrogen) atoms. The third kappa shape index (κ3) is 4.08. The number of sulfonamides is 1. The van der Waals surface area contributed by atoms with Crippen LogP contribution in [0.5, 0.6) is 0 Å². The first-order valence-electron chi connectivity index (χ1n) is 9.25. The molecule has 0 saturated carbocycles. The molecule has 162 valence electrons. The van der Waals surface area contributed by atoms with Crippen LogP contribution >= 0.6 is 11.6 Å². The van der Waals surface area contributed by atoms with Crippen molar-refractivity contribution in [1.29, 1.82) is 5.26 Å². The molecule has 9 nitrogen and oxygen atoms in total. The number of nitrogens with one attached hydrogen (secondary N) is 3. The second-order valence-electron chi connectivity index (χ2n) is 7.38. The van der Waals surface area contributed by atoms with Crippen LogP contribution in [0.15, 0.2) is 17.0 Å². The van der Waals surface area contributed by atoms with E-state index in [1.165, 1.54) is 6.07 Å². The molecule has 3 rings (SSSR count). The van der Waals surface area contributed by atoms with Gasteiger partial charge in [0.25, 0.3) is 10.0 Å². The maximum atomic E-state index is 14.3. The molecule has 1 aromatic rings. The summed E-state index contributed by atoms with van der Waals surface area (Å²) >= 11 is 6.14. The van der Waals surface area contributed by atoms with Crippen LogP contribution in [0.1, 0.15) is 18.9 Å². The Labute approximate surface area is 178 Å². The Bertz CT molecular complexity index is 1030. The zero-order valence-corrected chi connectivity index (χ0v) is 17.8. The highest BCUT2D eigenvalue weighted by molar-refractivity contribution is 7.90. The summed E-state index contributed by atoms with van der Waals surface area (Å²) in [6.07, 6.45) is -1.30. The molecule has 0 radical (unpaired) electrons. The van der Waals surface area contributed by atoms with Gasteiger partial charge in [0, 0.05) is 12.6 Å². The van der Waals surface area contributed by atoms with E-state index in [1.54, 1.807) is 19.9 Å². The molecule has 3 amide bonds. The van der Waals surface area contributed by atoms with E-state index in [0.29, 0.717) is 16.4 Å². The fourth-order valence-electron chi connectivity index (χ4n) is 3.57. The Balaban J connectivity index is 1.73. The number of anilines is 1. The van der Waals surface area contributed by atoms with Gasteiger partial charge >= 0.3 is 6.03 Å². The SMILES string of the molecule is Cc1ccc2c(c1Cl)S(=O)(=O)N(CC(=O)N[C@H](C)C1NCC(C#N)CC1F)C(=O)N2. The molecule has 0 aromatic heterocycles. The summed E-state index contributed by atoms with van der Waals surface area (Å²) in [4.78, 5) is 24.5. The molecule has 1 fully saturated rings. The lowest BCUT2D eigenvalue weighted by atomic mass is 9.90. The van der Waals surface area contributed by atoms with Crippen molar-refractivity contribution in [2.24, 2.45) is 5.92 Å². The first-order chi connectivity index (χ1) is 14.1. The number of amides is 3. The average Bonchev–Trinajstić information content (AvgIpc) is 2.67. The minimum absolute atomic E-state index is 0.0370. The van der Waals surface area contributed by atoms with Gasteiger partial charge in [-0.2, -0.15) is 5.26 Å². The van der Waals surface area contributed by atoms with E-state index in [4.69, 9.17) is 16.9 Å². The third-order valence-electron chi connectivity index (χ3n) is 5.20. The van der Waals surface area contributed by atoms with E-state index in [-0.39, 0.29) is 22.0 Å². The van der Waals surface area contributed by atoms with E-state index in [2.05, 4.69) is 16.0 Å². The van der Waals surface area contributed by atoms with Crippen LogP contribution in [-0.4, -0.2) is 56.0 Å². The highest BCUT2D eigenvalue weighted by Crippen LogP contribution is 2.37. The van der Waals surface area contributed by atoms with Crippen LogP contribution in [0.4, 0.5) is 14.9 Å². The second-order valence-corrected chi connectivity index (χ2v) is 9.56. The van der Waals surface area contributed by atoms with E-state index >= 15 is 0 Å². The van der Waals surface area contributed by atoms with Gasteiger partial charge < -0.3 is 16.0 Å². The number of carbonyl (C=O) groups excluding carboxylic acids is 2. The van der Waals surface area contributed by atoms with Crippen LogP contribution in [0, 0.1) is 24.2 Å². The van der Waals surface area contributed by atoms with Gasteiger partial charge in [-0.25, -0.2) is 21.9 Å². The van der Waals surface area contributed by atoms with Crippen molar-refractivity contribution in [2.45, 2.75) is 43.4 Å². The molecule has 4 atom stereocenters. The van der Waals surface area contributed by atoms with Gasteiger partial charge in [-0.1, -0.05) is 17.7 Å². The highest BCUT2D eigenvalue weighted by Gasteiger charge is 2.41. The normalized spacial score (nSPS) is 26.2. The molecule has 0 spiro atoms. The number of aryl methyl sites for hydroxylation is 1. The van der Waals surface area contributed by atoms with Gasteiger partial charge in [-0.05, 0) is 31.9 Å². The quantitative estimate of drug-likeness (QED) is 0.628. The number of alkyl halides is 1. The van der Waals surface area contributed by atoms with Gasteiger partial charge in [0.1, 0.15) is 17.6 Å². The van der Waals surface area contributed by atoms with Crippen molar-refractivity contribution in [3.63, 3.8) is 0 Å². The molecule has 1 saturated heterocycles.